The lowest BCUT2D eigenvalue weighted by Gasteiger charge is -2.18. The predicted octanol–water partition coefficient (Wildman–Crippen LogP) is 4.03. The second kappa shape index (κ2) is 9.59. The zero-order valence-electron chi connectivity index (χ0n) is 15.4. The topological polar surface area (TPSA) is 58.5 Å². The highest BCUT2D eigenvalue weighted by atomic mass is 32.1. The molecule has 0 aliphatic heterocycles. The van der Waals surface area contributed by atoms with Crippen molar-refractivity contribution < 1.29 is 17.9 Å². The maximum Gasteiger partial charge on any atom is 0.434 e. The molecule has 0 saturated heterocycles. The molecule has 0 fully saturated rings. The van der Waals surface area contributed by atoms with Crippen molar-refractivity contribution in [3.63, 3.8) is 0 Å². The average Bonchev–Trinajstić information content (AvgIpc) is 3.13. The van der Waals surface area contributed by atoms with Gasteiger partial charge in [-0.05, 0) is 18.6 Å². The van der Waals surface area contributed by atoms with E-state index in [4.69, 9.17) is 4.74 Å². The molecular formula is C18H23F3N4OS. The number of aliphatic imine (C=N–C) groups is 1. The Morgan fingerprint density at radius 2 is 2.04 bits per heavy atom. The van der Waals surface area contributed by atoms with E-state index >= 15 is 0 Å². The van der Waals surface area contributed by atoms with Crippen LogP contribution in [0.3, 0.4) is 0 Å². The van der Waals surface area contributed by atoms with Crippen LogP contribution < -0.4 is 15.4 Å². The number of para-hydroxylation sites is 1. The van der Waals surface area contributed by atoms with Gasteiger partial charge < -0.3 is 15.4 Å². The summed E-state index contributed by atoms with van der Waals surface area (Å²) in [7, 11) is 1.63. The van der Waals surface area contributed by atoms with Crippen molar-refractivity contribution in [1.82, 2.24) is 15.6 Å². The van der Waals surface area contributed by atoms with Gasteiger partial charge in [0.05, 0.1) is 13.7 Å². The van der Waals surface area contributed by atoms with Gasteiger partial charge in [0.25, 0.3) is 0 Å². The molecule has 1 unspecified atom stereocenters. The molecule has 1 atom stereocenters. The van der Waals surface area contributed by atoms with Gasteiger partial charge in [0.1, 0.15) is 10.8 Å². The number of ether oxygens (including phenoxy) is 1. The molecule has 2 rings (SSSR count). The van der Waals surface area contributed by atoms with Gasteiger partial charge in [-0.2, -0.15) is 13.2 Å². The van der Waals surface area contributed by atoms with E-state index in [1.807, 2.05) is 31.2 Å². The number of nitrogens with one attached hydrogen (secondary N) is 2. The standard InChI is InChI=1S/C18H23F3N4OS/c1-4-22-17(24-10-16-25-15(11-27-16)18(19,20)21)23-9-12(2)13-7-5-6-8-14(13)26-3/h5-8,11-12H,4,9-10H2,1-3H3,(H2,22,23,24). The van der Waals surface area contributed by atoms with Crippen molar-refractivity contribution >= 4 is 17.3 Å². The number of guanidine groups is 1. The number of thiazole rings is 1. The summed E-state index contributed by atoms with van der Waals surface area (Å²) in [6.45, 7) is 5.30. The number of hydrogen-bond acceptors (Lipinski definition) is 4. The first-order valence-corrected chi connectivity index (χ1v) is 9.39. The van der Waals surface area contributed by atoms with Gasteiger partial charge in [-0.15, -0.1) is 11.3 Å². The molecule has 2 N–H and O–H groups in total. The van der Waals surface area contributed by atoms with Crippen molar-refractivity contribution in [1.29, 1.82) is 0 Å². The predicted molar refractivity (Wildman–Crippen MR) is 101 cm³/mol. The highest BCUT2D eigenvalue weighted by Gasteiger charge is 2.33. The first-order chi connectivity index (χ1) is 12.8. The summed E-state index contributed by atoms with van der Waals surface area (Å²) in [6.07, 6.45) is -4.43. The lowest BCUT2D eigenvalue weighted by molar-refractivity contribution is -0.140. The molecule has 1 aromatic heterocycles. The maximum absolute atomic E-state index is 12.6. The molecule has 1 aromatic carbocycles. The smallest absolute Gasteiger partial charge is 0.434 e. The van der Waals surface area contributed by atoms with Crippen LogP contribution in [0.4, 0.5) is 13.2 Å². The van der Waals surface area contributed by atoms with Gasteiger partial charge in [-0.3, -0.25) is 0 Å². The highest BCUT2D eigenvalue weighted by molar-refractivity contribution is 7.09. The van der Waals surface area contributed by atoms with E-state index < -0.39 is 11.9 Å². The summed E-state index contributed by atoms with van der Waals surface area (Å²) in [5.41, 5.74) is 0.193. The molecule has 148 valence electrons. The van der Waals surface area contributed by atoms with E-state index in [2.05, 4.69) is 27.5 Å². The SMILES string of the molecule is CCNC(=NCc1nc(C(F)(F)F)cs1)NCC(C)c1ccccc1OC. The fourth-order valence-corrected chi connectivity index (χ4v) is 3.16. The van der Waals surface area contributed by atoms with Crippen LogP contribution in [0.5, 0.6) is 5.75 Å². The molecule has 5 nitrogen and oxygen atoms in total. The van der Waals surface area contributed by atoms with Gasteiger partial charge in [0.15, 0.2) is 11.7 Å². The van der Waals surface area contributed by atoms with Gasteiger partial charge >= 0.3 is 6.18 Å². The number of alkyl halides is 3. The summed E-state index contributed by atoms with van der Waals surface area (Å²) in [5, 5.41) is 7.63. The van der Waals surface area contributed by atoms with E-state index in [0.29, 0.717) is 24.1 Å². The quantitative estimate of drug-likeness (QED) is 0.544. The normalized spacial score (nSPS) is 13.3. The van der Waals surface area contributed by atoms with Crippen molar-refractivity contribution in [3.8, 4) is 5.75 Å². The van der Waals surface area contributed by atoms with Crippen LogP contribution in [0.2, 0.25) is 0 Å². The molecule has 27 heavy (non-hydrogen) atoms. The van der Waals surface area contributed by atoms with Gasteiger partial charge in [-0.25, -0.2) is 9.98 Å². The molecule has 9 heteroatoms. The molecule has 0 radical (unpaired) electrons. The van der Waals surface area contributed by atoms with Crippen molar-refractivity contribution in [2.24, 2.45) is 4.99 Å². The Kier molecular flexibility index (Phi) is 7.46. The second-order valence-electron chi connectivity index (χ2n) is 5.84. The van der Waals surface area contributed by atoms with Crippen LogP contribution in [0.15, 0.2) is 34.6 Å². The number of nitrogens with zero attached hydrogens (tertiary/aromatic N) is 2. The van der Waals surface area contributed by atoms with Gasteiger partial charge in [0, 0.05) is 24.4 Å². The zero-order valence-corrected chi connectivity index (χ0v) is 16.2. The van der Waals surface area contributed by atoms with Gasteiger partial charge in [0.2, 0.25) is 0 Å². The molecule has 0 aliphatic rings. The Bertz CT molecular complexity index is 761. The molecule has 0 aliphatic carbocycles. The molecule has 1 heterocycles. The number of benzene rings is 1. The summed E-state index contributed by atoms with van der Waals surface area (Å²) in [6, 6.07) is 7.78. The fraction of sp³-hybridized carbons (Fsp3) is 0.444. The third-order valence-corrected chi connectivity index (χ3v) is 4.64. The third-order valence-electron chi connectivity index (χ3n) is 3.80. The average molecular weight is 400 g/mol. The molecule has 0 spiro atoms. The Morgan fingerprint density at radius 3 is 2.67 bits per heavy atom. The summed E-state index contributed by atoms with van der Waals surface area (Å²) < 4.78 is 43.3. The van der Waals surface area contributed by atoms with Gasteiger partial charge in [-0.1, -0.05) is 25.1 Å². The van der Waals surface area contributed by atoms with E-state index in [0.717, 1.165) is 28.0 Å². The van der Waals surface area contributed by atoms with Crippen LogP contribution >= 0.6 is 11.3 Å². The minimum Gasteiger partial charge on any atom is -0.496 e. The monoisotopic (exact) mass is 400 g/mol. The minimum absolute atomic E-state index is 0.0825. The maximum atomic E-state index is 12.6. The molecule has 0 amide bonds. The van der Waals surface area contributed by atoms with Crippen molar-refractivity contribution in [3.05, 3.63) is 45.9 Å². The Labute approximate surface area is 160 Å². The van der Waals surface area contributed by atoms with E-state index in [-0.39, 0.29) is 12.5 Å². The lowest BCUT2D eigenvalue weighted by atomic mass is 10.0. The first kappa shape index (κ1) is 21.0. The Morgan fingerprint density at radius 1 is 1.30 bits per heavy atom. The van der Waals surface area contributed by atoms with Crippen LogP contribution in [0.1, 0.15) is 36.0 Å². The lowest BCUT2D eigenvalue weighted by Crippen LogP contribution is -2.39. The summed E-state index contributed by atoms with van der Waals surface area (Å²) in [5.74, 6) is 1.50. The van der Waals surface area contributed by atoms with Crippen LogP contribution in [0.25, 0.3) is 0 Å². The molecule has 0 saturated carbocycles. The van der Waals surface area contributed by atoms with E-state index in [1.165, 1.54) is 0 Å². The van der Waals surface area contributed by atoms with E-state index in [9.17, 15) is 13.2 Å². The van der Waals surface area contributed by atoms with Crippen LogP contribution in [0, 0.1) is 0 Å². The number of halogens is 3. The van der Waals surface area contributed by atoms with Crippen LogP contribution in [-0.2, 0) is 12.7 Å². The third kappa shape index (κ3) is 6.13. The Hall–Kier alpha value is -2.29. The van der Waals surface area contributed by atoms with Crippen molar-refractivity contribution in [2.75, 3.05) is 20.2 Å². The number of methoxy groups -OCH3 is 1. The highest BCUT2D eigenvalue weighted by Crippen LogP contribution is 2.30. The molecule has 2 aromatic rings. The molecular weight excluding hydrogens is 377 g/mol. The molecule has 0 bridgehead atoms. The second-order valence-corrected chi connectivity index (χ2v) is 6.79. The summed E-state index contributed by atoms with van der Waals surface area (Å²) in [4.78, 5) is 7.92. The van der Waals surface area contributed by atoms with Crippen LogP contribution in [-0.4, -0.2) is 31.1 Å². The number of hydrogen-bond donors (Lipinski definition) is 2. The minimum atomic E-state index is -4.43. The Balaban J connectivity index is 2.00. The summed E-state index contributed by atoms with van der Waals surface area (Å²) >= 11 is 0.952. The largest absolute Gasteiger partial charge is 0.496 e. The first-order valence-electron chi connectivity index (χ1n) is 8.51. The van der Waals surface area contributed by atoms with E-state index in [1.54, 1.807) is 7.11 Å². The fourth-order valence-electron chi connectivity index (χ4n) is 2.44. The number of rotatable bonds is 7. The number of aromatic nitrogens is 1. The van der Waals surface area contributed by atoms with Crippen molar-refractivity contribution in [2.45, 2.75) is 32.5 Å². The zero-order chi connectivity index (χ0) is 19.9.